The van der Waals surface area contributed by atoms with Crippen molar-refractivity contribution < 1.29 is 23.8 Å². The molecule has 0 spiro atoms. The molecule has 0 unspecified atom stereocenters. The van der Waals surface area contributed by atoms with Crippen molar-refractivity contribution in [2.24, 2.45) is 0 Å². The summed E-state index contributed by atoms with van der Waals surface area (Å²) < 4.78 is 15.8. The minimum absolute atomic E-state index is 0.0298. The first kappa shape index (κ1) is 35.7. The van der Waals surface area contributed by atoms with Gasteiger partial charge in [0.15, 0.2) is 11.5 Å². The lowest BCUT2D eigenvalue weighted by molar-refractivity contribution is -0.139. The van der Waals surface area contributed by atoms with Crippen molar-refractivity contribution in [3.05, 3.63) is 76.9 Å². The summed E-state index contributed by atoms with van der Waals surface area (Å²) >= 11 is 5.54. The van der Waals surface area contributed by atoms with Crippen molar-refractivity contribution >= 4 is 35.0 Å². The fourth-order valence-electron chi connectivity index (χ4n) is 5.01. The fourth-order valence-corrected chi connectivity index (χ4v) is 5.16. The number of hydrogen-bond donors (Lipinski definition) is 1. The lowest BCUT2D eigenvalue weighted by Gasteiger charge is -2.29. The van der Waals surface area contributed by atoms with E-state index in [0.29, 0.717) is 42.9 Å². The number of rotatable bonds is 8. The number of carbonyl (C=O) groups is 2. The van der Waals surface area contributed by atoms with Crippen LogP contribution in [0.5, 0.6) is 11.5 Å². The highest BCUT2D eigenvalue weighted by Crippen LogP contribution is 2.35. The maximum absolute atomic E-state index is 12.6. The Balaban J connectivity index is 0.000000238. The van der Waals surface area contributed by atoms with Gasteiger partial charge in [-0.25, -0.2) is 4.98 Å². The Morgan fingerprint density at radius 3 is 2.24 bits per heavy atom. The molecule has 5 rings (SSSR count). The largest absolute Gasteiger partial charge is 0.493 e. The summed E-state index contributed by atoms with van der Waals surface area (Å²) in [6.07, 6.45) is 8.48. The van der Waals surface area contributed by atoms with E-state index in [1.54, 1.807) is 18.2 Å². The van der Waals surface area contributed by atoms with Gasteiger partial charge in [-0.2, -0.15) is 0 Å². The molecule has 0 radical (unpaired) electrons. The van der Waals surface area contributed by atoms with Gasteiger partial charge in [-0.3, -0.25) is 14.5 Å². The van der Waals surface area contributed by atoms with Gasteiger partial charge in [0.25, 0.3) is 0 Å². The molecule has 2 heterocycles. The van der Waals surface area contributed by atoms with Crippen LogP contribution in [0.25, 0.3) is 0 Å². The number of amides is 1. The lowest BCUT2D eigenvalue weighted by Crippen LogP contribution is -2.36. The van der Waals surface area contributed by atoms with E-state index in [-0.39, 0.29) is 18.0 Å². The molecule has 1 fully saturated rings. The lowest BCUT2D eigenvalue weighted by atomic mass is 9.96. The van der Waals surface area contributed by atoms with Gasteiger partial charge >= 0.3 is 5.97 Å². The van der Waals surface area contributed by atoms with Crippen LogP contribution < -0.4 is 24.6 Å². The molecule has 1 aliphatic carbocycles. The van der Waals surface area contributed by atoms with Crippen molar-refractivity contribution in [1.82, 2.24) is 10.3 Å². The Hall–Kier alpha value is -3.82. The molecule has 1 amide bonds. The van der Waals surface area contributed by atoms with Crippen molar-refractivity contribution in [2.45, 2.75) is 71.1 Å². The predicted molar refractivity (Wildman–Crippen MR) is 181 cm³/mol. The number of anilines is 2. The molecule has 0 saturated heterocycles. The first-order valence-electron chi connectivity index (χ1n) is 15.4. The normalized spacial score (nSPS) is 14.3. The van der Waals surface area contributed by atoms with E-state index in [0.717, 1.165) is 21.8 Å². The average molecular weight is 639 g/mol. The SMILES string of the molecule is COC(=O)CNC1CCCCC1.COc1cc2c(cc1OC(C)C)CN(c1ccc(N(C)C)cn1)C(=O)C2.Clc1ccccc1. The first-order valence-corrected chi connectivity index (χ1v) is 15.8. The zero-order chi connectivity index (χ0) is 32.8. The Morgan fingerprint density at radius 2 is 1.71 bits per heavy atom. The molecule has 0 bridgehead atoms. The molecular weight excluding hydrogens is 592 g/mol. The number of carbonyl (C=O) groups excluding carboxylic acids is 2. The van der Waals surface area contributed by atoms with Gasteiger partial charge in [0.1, 0.15) is 5.82 Å². The zero-order valence-corrected chi connectivity index (χ0v) is 28.1. The van der Waals surface area contributed by atoms with E-state index in [2.05, 4.69) is 15.0 Å². The molecular formula is C35H47ClN4O5. The van der Waals surface area contributed by atoms with E-state index in [4.69, 9.17) is 21.1 Å². The Morgan fingerprint density at radius 1 is 1.02 bits per heavy atom. The van der Waals surface area contributed by atoms with Crippen LogP contribution in [-0.2, 0) is 27.3 Å². The number of fused-ring (bicyclic) bond motifs is 1. The first-order chi connectivity index (χ1) is 21.6. The third-order valence-corrected chi connectivity index (χ3v) is 7.70. The highest BCUT2D eigenvalue weighted by molar-refractivity contribution is 6.30. The Bertz CT molecular complexity index is 1350. The molecule has 1 saturated carbocycles. The molecule has 3 aromatic rings. The van der Waals surface area contributed by atoms with Gasteiger partial charge in [0.05, 0.1) is 51.7 Å². The number of hydrogen-bond acceptors (Lipinski definition) is 8. The minimum Gasteiger partial charge on any atom is -0.493 e. The van der Waals surface area contributed by atoms with E-state index in [9.17, 15) is 9.59 Å². The number of pyridine rings is 1. The maximum atomic E-state index is 12.6. The minimum atomic E-state index is -0.166. The third kappa shape index (κ3) is 11.6. The molecule has 1 aromatic heterocycles. The van der Waals surface area contributed by atoms with Gasteiger partial charge in [-0.1, -0.05) is 49.1 Å². The quantitative estimate of drug-likeness (QED) is 0.281. The fraction of sp³-hybridized carbons (Fsp3) is 0.457. The van der Waals surface area contributed by atoms with Crippen LogP contribution in [-0.4, -0.2) is 63.9 Å². The number of aromatic nitrogens is 1. The molecule has 1 aliphatic heterocycles. The molecule has 1 N–H and O–H groups in total. The standard InChI is InChI=1S/C20H25N3O3.C9H17NO2.C6H5Cl/c1-13(2)26-18-9-15-12-23(19-7-6-16(11-21-19)22(3)4)20(24)10-14(15)8-17(18)25-5;1-12-9(11)7-10-8-5-3-2-4-6-8;7-6-4-2-1-3-5-6/h6-9,11,13H,10,12H2,1-5H3;8,10H,2-7H2,1H3;1-5H. The zero-order valence-electron chi connectivity index (χ0n) is 27.3. The molecule has 0 atom stereocenters. The van der Waals surface area contributed by atoms with Crippen molar-refractivity contribution in [3.8, 4) is 11.5 Å². The number of nitrogens with zero attached hydrogens (tertiary/aromatic N) is 3. The van der Waals surface area contributed by atoms with E-state index in [1.165, 1.54) is 39.2 Å². The Kier molecular flexibility index (Phi) is 14.4. The number of halogens is 1. The molecule has 10 heteroatoms. The third-order valence-electron chi connectivity index (χ3n) is 7.45. The van der Waals surface area contributed by atoms with Crippen LogP contribution in [0.2, 0.25) is 5.02 Å². The van der Waals surface area contributed by atoms with Gasteiger partial charge in [-0.05, 0) is 74.2 Å². The molecule has 244 valence electrons. The van der Waals surface area contributed by atoms with Gasteiger partial charge in [0, 0.05) is 25.2 Å². The van der Waals surface area contributed by atoms with Crippen molar-refractivity contribution in [3.63, 3.8) is 0 Å². The number of benzene rings is 2. The highest BCUT2D eigenvalue weighted by atomic mass is 35.5. The summed E-state index contributed by atoms with van der Waals surface area (Å²) in [5.74, 6) is 1.88. The average Bonchev–Trinajstić information content (AvgIpc) is 3.04. The number of methoxy groups -OCH3 is 2. The summed E-state index contributed by atoms with van der Waals surface area (Å²) in [6.45, 7) is 4.79. The number of nitrogens with one attached hydrogen (secondary N) is 1. The van der Waals surface area contributed by atoms with E-state index < -0.39 is 0 Å². The van der Waals surface area contributed by atoms with Crippen LogP contribution >= 0.6 is 11.6 Å². The van der Waals surface area contributed by atoms with E-state index >= 15 is 0 Å². The van der Waals surface area contributed by atoms with Gasteiger partial charge in [-0.15, -0.1) is 0 Å². The number of esters is 1. The predicted octanol–water partition coefficient (Wildman–Crippen LogP) is 6.45. The summed E-state index contributed by atoms with van der Waals surface area (Å²) in [5, 5.41) is 3.99. The van der Waals surface area contributed by atoms with Gasteiger partial charge < -0.3 is 24.4 Å². The Labute approximate surface area is 272 Å². The van der Waals surface area contributed by atoms with E-state index in [1.807, 2.05) is 87.4 Å². The highest BCUT2D eigenvalue weighted by Gasteiger charge is 2.27. The molecule has 9 nitrogen and oxygen atoms in total. The van der Waals surface area contributed by atoms with Crippen LogP contribution in [0, 0.1) is 0 Å². The molecule has 2 aliphatic rings. The second-order valence-electron chi connectivity index (χ2n) is 11.5. The second-order valence-corrected chi connectivity index (χ2v) is 11.9. The smallest absolute Gasteiger partial charge is 0.319 e. The van der Waals surface area contributed by atoms with Crippen molar-refractivity contribution in [2.75, 3.05) is 44.7 Å². The van der Waals surface area contributed by atoms with Crippen LogP contribution in [0.15, 0.2) is 60.8 Å². The van der Waals surface area contributed by atoms with Gasteiger partial charge in [0.2, 0.25) is 5.91 Å². The summed E-state index contributed by atoms with van der Waals surface area (Å²) in [4.78, 5) is 31.6. The van der Waals surface area contributed by atoms with Crippen LogP contribution in [0.1, 0.15) is 57.1 Å². The maximum Gasteiger partial charge on any atom is 0.319 e. The summed E-state index contributed by atoms with van der Waals surface area (Å²) in [6, 6.07) is 17.7. The molecule has 45 heavy (non-hydrogen) atoms. The van der Waals surface area contributed by atoms with Crippen LogP contribution in [0.3, 0.4) is 0 Å². The topological polar surface area (TPSA) is 93.2 Å². The van der Waals surface area contributed by atoms with Crippen molar-refractivity contribution in [1.29, 1.82) is 0 Å². The monoisotopic (exact) mass is 638 g/mol. The second kappa shape index (κ2) is 18.2. The summed E-state index contributed by atoms with van der Waals surface area (Å²) in [5.41, 5.74) is 3.03. The number of ether oxygens (including phenoxy) is 3. The van der Waals surface area contributed by atoms with Crippen LogP contribution in [0.4, 0.5) is 11.5 Å². The molecule has 2 aromatic carbocycles. The summed E-state index contributed by atoms with van der Waals surface area (Å²) in [7, 11) is 6.96.